The molecular formula is C39H53N7O7. The van der Waals surface area contributed by atoms with Gasteiger partial charge >= 0.3 is 18.2 Å². The van der Waals surface area contributed by atoms with Crippen LogP contribution < -0.4 is 27.4 Å². The Morgan fingerprint density at radius 3 is 1.96 bits per heavy atom. The quantitative estimate of drug-likeness (QED) is 0.122. The first-order chi connectivity index (χ1) is 25.1. The van der Waals surface area contributed by atoms with E-state index < -0.39 is 47.7 Å². The molecule has 0 aliphatic rings. The van der Waals surface area contributed by atoms with Gasteiger partial charge in [-0.15, -0.1) is 0 Å². The van der Waals surface area contributed by atoms with Gasteiger partial charge in [-0.25, -0.2) is 14.4 Å². The highest BCUT2D eigenvalue weighted by molar-refractivity contribution is 5.97. The van der Waals surface area contributed by atoms with Gasteiger partial charge in [-0.05, 0) is 67.0 Å². The van der Waals surface area contributed by atoms with Crippen molar-refractivity contribution in [3.05, 3.63) is 90.0 Å². The number of hydrogen-bond donors (Lipinski definition) is 5. The van der Waals surface area contributed by atoms with Gasteiger partial charge in [-0.3, -0.25) is 9.59 Å². The smallest absolute Gasteiger partial charge is 0.410 e. The van der Waals surface area contributed by atoms with Crippen molar-refractivity contribution in [2.24, 2.45) is 17.4 Å². The van der Waals surface area contributed by atoms with Crippen molar-refractivity contribution in [3.63, 3.8) is 0 Å². The third-order valence-electron chi connectivity index (χ3n) is 8.63. The Morgan fingerprint density at radius 2 is 1.38 bits per heavy atom. The maximum Gasteiger partial charge on any atom is 0.410 e. The lowest BCUT2D eigenvalue weighted by Gasteiger charge is -2.29. The maximum absolute atomic E-state index is 13.1. The van der Waals surface area contributed by atoms with Gasteiger partial charge < -0.3 is 46.7 Å². The molecule has 0 radical (unpaired) electrons. The zero-order valence-electron chi connectivity index (χ0n) is 31.4. The van der Waals surface area contributed by atoms with Gasteiger partial charge in [0.05, 0.1) is 6.04 Å². The SMILES string of the molecule is CC(C)[C@H](N)C(=O)N[C@@H](CCCNC(N)=O)C(=O)Nc1ccc(COC(=O)N(C)CCN(C)C(=O)OC(C)(C)c2ccc(-c3ccccc3)cc2)cc1. The second-order valence-electron chi connectivity index (χ2n) is 13.7. The largest absolute Gasteiger partial charge is 0.445 e. The molecule has 0 fully saturated rings. The molecule has 3 aromatic carbocycles. The number of primary amides is 1. The van der Waals surface area contributed by atoms with E-state index in [-0.39, 0.29) is 38.6 Å². The summed E-state index contributed by atoms with van der Waals surface area (Å²) in [6.07, 6.45) is -0.472. The average Bonchev–Trinajstić information content (AvgIpc) is 3.14. The fourth-order valence-corrected chi connectivity index (χ4v) is 5.06. The Labute approximate surface area is 311 Å². The second kappa shape index (κ2) is 19.8. The number of carbonyl (C=O) groups is 5. The molecule has 14 nitrogen and oxygen atoms in total. The first-order valence-electron chi connectivity index (χ1n) is 17.5. The summed E-state index contributed by atoms with van der Waals surface area (Å²) in [5.41, 5.74) is 14.3. The summed E-state index contributed by atoms with van der Waals surface area (Å²) in [5, 5.41) is 7.94. The number of anilines is 1. The number of urea groups is 1. The number of nitrogens with one attached hydrogen (secondary N) is 3. The lowest BCUT2D eigenvalue weighted by molar-refractivity contribution is -0.128. The molecular weight excluding hydrogens is 678 g/mol. The van der Waals surface area contributed by atoms with E-state index in [2.05, 4.69) is 16.0 Å². The zero-order chi connectivity index (χ0) is 39.1. The minimum absolute atomic E-state index is 0.0227. The lowest BCUT2D eigenvalue weighted by atomic mass is 9.95. The third-order valence-corrected chi connectivity index (χ3v) is 8.63. The second-order valence-corrected chi connectivity index (χ2v) is 13.7. The van der Waals surface area contributed by atoms with Crippen molar-refractivity contribution in [3.8, 4) is 11.1 Å². The molecule has 0 unspecified atom stereocenters. The molecule has 53 heavy (non-hydrogen) atoms. The number of benzene rings is 3. The molecule has 7 N–H and O–H groups in total. The van der Waals surface area contributed by atoms with Crippen molar-refractivity contribution in [1.29, 1.82) is 0 Å². The van der Waals surface area contributed by atoms with E-state index in [0.29, 0.717) is 17.7 Å². The van der Waals surface area contributed by atoms with Crippen molar-refractivity contribution < 1.29 is 33.4 Å². The Kier molecular flexibility index (Phi) is 15.6. The van der Waals surface area contributed by atoms with Crippen LogP contribution in [0.4, 0.5) is 20.1 Å². The number of rotatable bonds is 17. The summed E-state index contributed by atoms with van der Waals surface area (Å²) < 4.78 is 11.3. The third kappa shape index (κ3) is 13.5. The summed E-state index contributed by atoms with van der Waals surface area (Å²) in [7, 11) is 3.18. The number of amides is 6. The van der Waals surface area contributed by atoms with Gasteiger partial charge in [0.25, 0.3) is 0 Å². The van der Waals surface area contributed by atoms with Gasteiger partial charge in [0.15, 0.2) is 0 Å². The Hall–Kier alpha value is -5.63. The van der Waals surface area contributed by atoms with E-state index >= 15 is 0 Å². The van der Waals surface area contributed by atoms with E-state index in [9.17, 15) is 24.0 Å². The summed E-state index contributed by atoms with van der Waals surface area (Å²) in [5.74, 6) is -1.04. The standard InChI is InChI=1S/C39H53N7O7/c1-26(2)33(40)35(48)44-32(13-10-22-42-36(41)49)34(47)43-31-20-14-27(15-21-31)25-52-37(50)45(5)23-24-46(6)38(51)53-39(3,4)30-18-16-29(17-19-30)28-11-8-7-9-12-28/h7-9,11-12,14-21,26,32-33H,10,13,22-25,40H2,1-6H3,(H,43,47)(H,44,48)(H3,41,42,49)/t32-,33-/m0/s1. The Morgan fingerprint density at radius 1 is 0.792 bits per heavy atom. The van der Waals surface area contributed by atoms with Gasteiger partial charge in [0, 0.05) is 39.4 Å². The molecule has 0 aliphatic carbocycles. The number of likely N-dealkylation sites (N-methyl/N-ethyl adjacent to an activating group) is 2. The van der Waals surface area contributed by atoms with Gasteiger partial charge in [-0.1, -0.05) is 80.6 Å². The fourth-order valence-electron chi connectivity index (χ4n) is 5.06. The van der Waals surface area contributed by atoms with E-state index in [0.717, 1.165) is 16.7 Å². The fraction of sp³-hybridized carbons (Fsp3) is 0.410. The van der Waals surface area contributed by atoms with Gasteiger partial charge in [0.1, 0.15) is 18.2 Å². The van der Waals surface area contributed by atoms with Crippen LogP contribution in [-0.2, 0) is 31.3 Å². The highest BCUT2D eigenvalue weighted by Crippen LogP contribution is 2.28. The summed E-state index contributed by atoms with van der Waals surface area (Å²) >= 11 is 0. The van der Waals surface area contributed by atoms with Crippen LogP contribution in [-0.4, -0.2) is 85.6 Å². The predicted octanol–water partition coefficient (Wildman–Crippen LogP) is 4.78. The molecule has 0 saturated carbocycles. The molecule has 0 bridgehead atoms. The lowest BCUT2D eigenvalue weighted by Crippen LogP contribution is -2.51. The van der Waals surface area contributed by atoms with Crippen molar-refractivity contribution >= 4 is 35.7 Å². The van der Waals surface area contributed by atoms with E-state index in [1.165, 1.54) is 9.80 Å². The zero-order valence-corrected chi connectivity index (χ0v) is 31.4. The Balaban J connectivity index is 1.45. The summed E-state index contributed by atoms with van der Waals surface area (Å²) in [4.78, 5) is 65.1. The Bertz CT molecular complexity index is 1670. The topological polar surface area (TPSA) is 198 Å². The molecule has 0 heterocycles. The molecule has 2 atom stereocenters. The molecule has 0 spiro atoms. The highest BCUT2D eigenvalue weighted by atomic mass is 16.6. The number of ether oxygens (including phenoxy) is 2. The monoisotopic (exact) mass is 731 g/mol. The van der Waals surface area contributed by atoms with Crippen LogP contribution >= 0.6 is 0 Å². The molecule has 3 rings (SSSR count). The van der Waals surface area contributed by atoms with Gasteiger partial charge in [0.2, 0.25) is 11.8 Å². The van der Waals surface area contributed by atoms with Crippen molar-refractivity contribution in [1.82, 2.24) is 20.4 Å². The van der Waals surface area contributed by atoms with E-state index in [1.807, 2.05) is 68.4 Å². The van der Waals surface area contributed by atoms with Crippen LogP contribution in [0.1, 0.15) is 51.7 Å². The molecule has 3 aromatic rings. The minimum atomic E-state index is -0.900. The number of nitrogens with two attached hydrogens (primary N) is 2. The average molecular weight is 732 g/mol. The van der Waals surface area contributed by atoms with Crippen molar-refractivity contribution in [2.75, 3.05) is 39.0 Å². The number of carbonyl (C=O) groups excluding carboxylic acids is 5. The van der Waals surface area contributed by atoms with Crippen LogP contribution in [0, 0.1) is 5.92 Å². The van der Waals surface area contributed by atoms with Crippen LogP contribution in [0.3, 0.4) is 0 Å². The van der Waals surface area contributed by atoms with Gasteiger partial charge in [-0.2, -0.15) is 0 Å². The van der Waals surface area contributed by atoms with Crippen LogP contribution in [0.15, 0.2) is 78.9 Å². The number of hydrogen-bond acceptors (Lipinski definition) is 8. The summed E-state index contributed by atoms with van der Waals surface area (Å²) in [6, 6.07) is 22.2. The molecule has 0 aromatic heterocycles. The highest BCUT2D eigenvalue weighted by Gasteiger charge is 2.28. The molecule has 6 amide bonds. The first kappa shape index (κ1) is 41.8. The van der Waals surface area contributed by atoms with E-state index in [4.69, 9.17) is 20.9 Å². The van der Waals surface area contributed by atoms with Crippen LogP contribution in [0.5, 0.6) is 0 Å². The van der Waals surface area contributed by atoms with Crippen molar-refractivity contribution in [2.45, 2.75) is 64.8 Å². The maximum atomic E-state index is 13.1. The molecule has 0 aliphatic heterocycles. The van der Waals surface area contributed by atoms with Crippen LogP contribution in [0.25, 0.3) is 11.1 Å². The number of nitrogens with zero attached hydrogens (tertiary/aromatic N) is 2. The van der Waals surface area contributed by atoms with E-state index in [1.54, 1.807) is 52.2 Å². The summed E-state index contributed by atoms with van der Waals surface area (Å²) in [6.45, 7) is 7.91. The molecule has 286 valence electrons. The normalized spacial score (nSPS) is 12.2. The molecule has 14 heteroatoms. The predicted molar refractivity (Wildman–Crippen MR) is 203 cm³/mol. The molecule has 0 saturated heterocycles. The first-order valence-corrected chi connectivity index (χ1v) is 17.5. The van der Waals surface area contributed by atoms with Crippen LogP contribution in [0.2, 0.25) is 0 Å². The minimum Gasteiger partial charge on any atom is -0.445 e.